The minimum Gasteiger partial charge on any atom is -0.379 e. The molecule has 0 aromatic heterocycles. The molecule has 3 rings (SSSR count). The van der Waals surface area contributed by atoms with Crippen molar-refractivity contribution in [3.63, 3.8) is 0 Å². The van der Waals surface area contributed by atoms with Gasteiger partial charge in [0.2, 0.25) is 0 Å². The Morgan fingerprint density at radius 3 is 2.75 bits per heavy atom. The van der Waals surface area contributed by atoms with E-state index in [2.05, 4.69) is 5.32 Å². The molecule has 1 aromatic carbocycles. The summed E-state index contributed by atoms with van der Waals surface area (Å²) in [7, 11) is 0. The minimum absolute atomic E-state index is 0.0796. The van der Waals surface area contributed by atoms with Gasteiger partial charge in [-0.2, -0.15) is 0 Å². The summed E-state index contributed by atoms with van der Waals surface area (Å²) in [6.45, 7) is 0. The fourth-order valence-electron chi connectivity index (χ4n) is 4.21. The van der Waals surface area contributed by atoms with E-state index < -0.39 is 0 Å². The minimum atomic E-state index is -0.279. The number of carbonyl (C=O) groups is 1. The summed E-state index contributed by atoms with van der Waals surface area (Å²) >= 11 is 0. The number of rotatable bonds is 3. The number of para-hydroxylation sites is 1. The third-order valence-corrected chi connectivity index (χ3v) is 5.29. The van der Waals surface area contributed by atoms with Crippen LogP contribution in [0.1, 0.15) is 44.9 Å². The normalized spacial score (nSPS) is 33.2. The van der Waals surface area contributed by atoms with Crippen molar-refractivity contribution in [3.8, 4) is 0 Å². The molecule has 0 heterocycles. The predicted molar refractivity (Wildman–Crippen MR) is 78.1 cm³/mol. The number of fused-ring (bicyclic) bond motifs is 1. The molecule has 2 nitrogen and oxygen atoms in total. The van der Waals surface area contributed by atoms with Gasteiger partial charge < -0.3 is 10.1 Å². The summed E-state index contributed by atoms with van der Waals surface area (Å²) in [5, 5.41) is 3.33. The zero-order chi connectivity index (χ0) is 14.0. The molecule has 2 aliphatic carbocycles. The van der Waals surface area contributed by atoms with Gasteiger partial charge in [0, 0.05) is 11.5 Å². The number of benzene rings is 1. The molecule has 1 aromatic rings. The van der Waals surface area contributed by atoms with Gasteiger partial charge in [-0.25, -0.2) is 4.39 Å². The second-order valence-electron chi connectivity index (χ2n) is 6.28. The molecule has 1 unspecified atom stereocenters. The van der Waals surface area contributed by atoms with Crippen LogP contribution >= 0.6 is 0 Å². The van der Waals surface area contributed by atoms with E-state index in [0.29, 0.717) is 11.6 Å². The van der Waals surface area contributed by atoms with Crippen molar-refractivity contribution in [2.24, 2.45) is 11.3 Å². The van der Waals surface area contributed by atoms with Crippen LogP contribution in [0.4, 0.5) is 10.1 Å². The smallest absolute Gasteiger partial charge is 0.146 e. The van der Waals surface area contributed by atoms with Gasteiger partial charge in [-0.1, -0.05) is 31.4 Å². The standard InChI is InChI=1S/C17H22FNO/c18-14-8-1-2-9-15(14)19-16-10-5-7-13-6-3-4-11-17(13,16)12-20/h1-2,8-9,12-13,16,19H,3-7,10-11H2/t13-,16?,17-/m1/s1. The topological polar surface area (TPSA) is 29.1 Å². The lowest BCUT2D eigenvalue weighted by atomic mass is 9.58. The van der Waals surface area contributed by atoms with E-state index in [0.717, 1.165) is 38.5 Å². The number of halogens is 1. The largest absolute Gasteiger partial charge is 0.379 e. The average molecular weight is 275 g/mol. The van der Waals surface area contributed by atoms with Crippen LogP contribution in [0, 0.1) is 17.2 Å². The first-order valence-corrected chi connectivity index (χ1v) is 7.74. The van der Waals surface area contributed by atoms with Crippen molar-refractivity contribution in [1.29, 1.82) is 0 Å². The Balaban J connectivity index is 1.87. The van der Waals surface area contributed by atoms with Gasteiger partial charge in [-0.15, -0.1) is 0 Å². The van der Waals surface area contributed by atoms with Crippen molar-refractivity contribution < 1.29 is 9.18 Å². The number of nitrogens with one attached hydrogen (secondary N) is 1. The molecular formula is C17H22FNO. The molecule has 20 heavy (non-hydrogen) atoms. The van der Waals surface area contributed by atoms with Gasteiger partial charge in [-0.05, 0) is 43.7 Å². The van der Waals surface area contributed by atoms with E-state index in [1.165, 1.54) is 18.8 Å². The molecule has 0 aliphatic heterocycles. The summed E-state index contributed by atoms with van der Waals surface area (Å²) < 4.78 is 13.8. The van der Waals surface area contributed by atoms with Gasteiger partial charge in [0.05, 0.1) is 5.69 Å². The third kappa shape index (κ3) is 2.23. The maximum Gasteiger partial charge on any atom is 0.146 e. The molecule has 108 valence electrons. The van der Waals surface area contributed by atoms with Gasteiger partial charge in [0.25, 0.3) is 0 Å². The first-order valence-electron chi connectivity index (χ1n) is 7.74. The quantitative estimate of drug-likeness (QED) is 0.839. The monoisotopic (exact) mass is 275 g/mol. The molecule has 2 saturated carbocycles. The Labute approximate surface area is 119 Å². The fraction of sp³-hybridized carbons (Fsp3) is 0.588. The lowest BCUT2D eigenvalue weighted by Crippen LogP contribution is -2.51. The van der Waals surface area contributed by atoms with Gasteiger partial charge >= 0.3 is 0 Å². The number of carbonyl (C=O) groups excluding carboxylic acids is 1. The van der Waals surface area contributed by atoms with Crippen molar-refractivity contribution in [3.05, 3.63) is 30.1 Å². The van der Waals surface area contributed by atoms with E-state index in [4.69, 9.17) is 0 Å². The molecule has 0 radical (unpaired) electrons. The summed E-state index contributed by atoms with van der Waals surface area (Å²) in [5.74, 6) is 0.248. The molecule has 2 fully saturated rings. The molecule has 0 amide bonds. The van der Waals surface area contributed by atoms with Crippen LogP contribution < -0.4 is 5.32 Å². The molecule has 3 heteroatoms. The van der Waals surface area contributed by atoms with Crippen molar-refractivity contribution in [2.75, 3.05) is 5.32 Å². The highest BCUT2D eigenvalue weighted by Crippen LogP contribution is 2.50. The highest BCUT2D eigenvalue weighted by molar-refractivity contribution is 5.64. The number of anilines is 1. The summed E-state index contributed by atoms with van der Waals surface area (Å²) in [5.41, 5.74) is 0.253. The second kappa shape index (κ2) is 5.55. The van der Waals surface area contributed by atoms with Crippen LogP contribution in [0.15, 0.2) is 24.3 Å². The van der Waals surface area contributed by atoms with Crippen molar-refractivity contribution >= 4 is 12.0 Å². The summed E-state index contributed by atoms with van der Waals surface area (Å²) in [6.07, 6.45) is 8.86. The number of hydrogen-bond acceptors (Lipinski definition) is 2. The number of hydrogen-bond donors (Lipinski definition) is 1. The zero-order valence-corrected chi connectivity index (χ0v) is 11.8. The van der Waals surface area contributed by atoms with Crippen LogP contribution in [0.2, 0.25) is 0 Å². The van der Waals surface area contributed by atoms with Crippen LogP contribution in [0.25, 0.3) is 0 Å². The van der Waals surface area contributed by atoms with E-state index in [-0.39, 0.29) is 17.3 Å². The van der Waals surface area contributed by atoms with Crippen LogP contribution in [0.5, 0.6) is 0 Å². The predicted octanol–water partition coefficient (Wildman–Crippen LogP) is 4.17. The second-order valence-corrected chi connectivity index (χ2v) is 6.28. The van der Waals surface area contributed by atoms with E-state index in [1.807, 2.05) is 6.07 Å². The maximum atomic E-state index is 13.8. The summed E-state index contributed by atoms with van der Waals surface area (Å²) in [6, 6.07) is 6.84. The molecule has 3 atom stereocenters. The van der Waals surface area contributed by atoms with E-state index in [1.54, 1.807) is 12.1 Å². The average Bonchev–Trinajstić information content (AvgIpc) is 2.50. The van der Waals surface area contributed by atoms with Crippen LogP contribution in [0.3, 0.4) is 0 Å². The van der Waals surface area contributed by atoms with Crippen molar-refractivity contribution in [2.45, 2.75) is 51.0 Å². The fourth-order valence-corrected chi connectivity index (χ4v) is 4.21. The van der Waals surface area contributed by atoms with E-state index >= 15 is 0 Å². The van der Waals surface area contributed by atoms with Crippen molar-refractivity contribution in [1.82, 2.24) is 0 Å². The Kier molecular flexibility index (Phi) is 3.77. The lowest BCUT2D eigenvalue weighted by molar-refractivity contribution is -0.124. The van der Waals surface area contributed by atoms with Gasteiger partial charge in [-0.3, -0.25) is 0 Å². The Morgan fingerprint density at radius 1 is 1.15 bits per heavy atom. The summed E-state index contributed by atoms with van der Waals surface area (Å²) in [4.78, 5) is 11.9. The molecule has 0 bridgehead atoms. The maximum absolute atomic E-state index is 13.8. The SMILES string of the molecule is O=C[C@]12CCCC[C@@H]1CCCC2Nc1ccccc1F. The Bertz CT molecular complexity index is 488. The number of aldehydes is 1. The first kappa shape index (κ1) is 13.6. The van der Waals surface area contributed by atoms with Gasteiger partial charge in [0.15, 0.2) is 0 Å². The highest BCUT2D eigenvalue weighted by atomic mass is 19.1. The first-order chi connectivity index (χ1) is 9.76. The molecule has 2 aliphatic rings. The third-order valence-electron chi connectivity index (χ3n) is 5.29. The van der Waals surface area contributed by atoms with Gasteiger partial charge in [0.1, 0.15) is 12.1 Å². The molecule has 1 N–H and O–H groups in total. The molecule has 0 spiro atoms. The van der Waals surface area contributed by atoms with Crippen LogP contribution in [-0.2, 0) is 4.79 Å². The lowest BCUT2D eigenvalue weighted by Gasteiger charge is -2.49. The van der Waals surface area contributed by atoms with Crippen LogP contribution in [-0.4, -0.2) is 12.3 Å². The van der Waals surface area contributed by atoms with E-state index in [9.17, 15) is 9.18 Å². The zero-order valence-electron chi connectivity index (χ0n) is 11.8. The highest BCUT2D eigenvalue weighted by Gasteiger charge is 2.48. The molecular weight excluding hydrogens is 253 g/mol. The molecule has 0 saturated heterocycles. The Hall–Kier alpha value is -1.38. The Morgan fingerprint density at radius 2 is 1.95 bits per heavy atom.